The van der Waals surface area contributed by atoms with Crippen LogP contribution in [0.5, 0.6) is 0 Å². The number of carboxylic acid groups (broad SMARTS) is 1. The Bertz CT molecular complexity index is 798. The summed E-state index contributed by atoms with van der Waals surface area (Å²) in [6.45, 7) is 1.18. The average Bonchev–Trinajstić information content (AvgIpc) is 2.71. The van der Waals surface area contributed by atoms with E-state index >= 15 is 0 Å². The van der Waals surface area contributed by atoms with Crippen LogP contribution in [0, 0.1) is 23.2 Å². The number of aliphatic hydroxyl groups is 1. The van der Waals surface area contributed by atoms with Crippen LogP contribution in [0.25, 0.3) is 0 Å². The van der Waals surface area contributed by atoms with Gasteiger partial charge in [-0.25, -0.2) is 4.98 Å². The molecule has 4 aliphatic carbocycles. The first kappa shape index (κ1) is 22.1. The van der Waals surface area contributed by atoms with Crippen LogP contribution in [0.4, 0.5) is 10.6 Å². The lowest BCUT2D eigenvalue weighted by Gasteiger charge is -2.56. The van der Waals surface area contributed by atoms with Crippen molar-refractivity contribution in [2.75, 3.05) is 37.7 Å². The second kappa shape index (κ2) is 9.20. The van der Waals surface area contributed by atoms with E-state index in [2.05, 4.69) is 15.6 Å². The Kier molecular flexibility index (Phi) is 6.57. The number of amides is 2. The molecule has 0 spiro atoms. The third-order valence-corrected chi connectivity index (χ3v) is 7.52. The number of anilines is 1. The number of hydrogen-bond acceptors (Lipinski definition) is 6. The molecule has 3 N–H and O–H groups in total. The highest BCUT2D eigenvalue weighted by Gasteiger charge is 2.50. The first-order valence-corrected chi connectivity index (χ1v) is 11.5. The number of rotatable bonds is 9. The minimum Gasteiger partial charge on any atom is -0.530 e. The van der Waals surface area contributed by atoms with Crippen LogP contribution in [0.2, 0.25) is 5.02 Å². The number of hydrogen-bond donors (Lipinski definition) is 3. The summed E-state index contributed by atoms with van der Waals surface area (Å²) in [6.07, 6.45) is 7.78. The van der Waals surface area contributed by atoms with E-state index in [-0.39, 0.29) is 42.6 Å². The van der Waals surface area contributed by atoms with Crippen molar-refractivity contribution in [3.63, 3.8) is 0 Å². The number of carbonyl (C=O) groups excluding carboxylic acids is 2. The molecule has 8 nitrogen and oxygen atoms in total. The van der Waals surface area contributed by atoms with Crippen LogP contribution < -0.4 is 20.6 Å². The van der Waals surface area contributed by atoms with Gasteiger partial charge >= 0.3 is 0 Å². The van der Waals surface area contributed by atoms with Gasteiger partial charge in [0.1, 0.15) is 11.9 Å². The number of nitrogens with zero attached hydrogens (tertiary/aromatic N) is 2. The predicted molar refractivity (Wildman–Crippen MR) is 115 cm³/mol. The van der Waals surface area contributed by atoms with E-state index in [9.17, 15) is 19.8 Å². The molecule has 4 saturated carbocycles. The molecule has 0 aliphatic heterocycles. The fourth-order valence-corrected chi connectivity index (χ4v) is 6.59. The molecule has 1 aromatic heterocycles. The Morgan fingerprint density at radius 2 is 1.81 bits per heavy atom. The third kappa shape index (κ3) is 5.06. The lowest BCUT2D eigenvalue weighted by Crippen LogP contribution is -2.51. The number of pyridine rings is 1. The number of aliphatic hydroxyl groups excluding tert-OH is 1. The molecule has 4 fully saturated rings. The lowest BCUT2D eigenvalue weighted by molar-refractivity contribution is -0.250. The topological polar surface area (TPSA) is 118 Å². The van der Waals surface area contributed by atoms with Gasteiger partial charge in [0.25, 0.3) is 5.91 Å². The van der Waals surface area contributed by atoms with Gasteiger partial charge in [0.2, 0.25) is 0 Å². The highest BCUT2D eigenvalue weighted by Crippen LogP contribution is 2.59. The van der Waals surface area contributed by atoms with Gasteiger partial charge in [0, 0.05) is 32.4 Å². The maximum atomic E-state index is 13.0. The van der Waals surface area contributed by atoms with Crippen molar-refractivity contribution in [1.29, 1.82) is 0 Å². The summed E-state index contributed by atoms with van der Waals surface area (Å²) in [4.78, 5) is 29.6. The normalized spacial score (nSPS) is 28.4. The highest BCUT2D eigenvalue weighted by molar-refractivity contribution is 6.33. The third-order valence-electron chi connectivity index (χ3n) is 7.22. The molecule has 170 valence electrons. The summed E-state index contributed by atoms with van der Waals surface area (Å²) in [5, 5.41) is 25.5. The Labute approximate surface area is 187 Å². The maximum absolute atomic E-state index is 13.0. The molecule has 4 bridgehead atoms. The van der Waals surface area contributed by atoms with Crippen LogP contribution in [-0.2, 0) is 0 Å². The highest BCUT2D eigenvalue weighted by atomic mass is 35.5. The standard InChI is InChI=1S/C22H31ClN4O4/c23-18-12-25-19(27(3-4-28)2-1-24-21(30)31)8-17(18)20(29)26-13-22-9-14-5-15(10-22)7-16(6-14)11-22/h8,12,14-16,24,28H,1-7,9-11,13H2,(H,26,29)(H,30,31)/p-1. The quantitative estimate of drug-likeness (QED) is 0.524. The summed E-state index contributed by atoms with van der Waals surface area (Å²) < 4.78 is 0. The molecular weight excluding hydrogens is 420 g/mol. The zero-order valence-corrected chi connectivity index (χ0v) is 18.4. The molecular formula is C22H30ClN4O4-. The van der Waals surface area contributed by atoms with Gasteiger partial charge in [-0.05, 0) is 67.8 Å². The van der Waals surface area contributed by atoms with Crippen molar-refractivity contribution in [3.8, 4) is 0 Å². The largest absolute Gasteiger partial charge is 0.530 e. The summed E-state index contributed by atoms with van der Waals surface area (Å²) in [6, 6.07) is 1.60. The van der Waals surface area contributed by atoms with Crippen molar-refractivity contribution in [1.82, 2.24) is 15.6 Å². The van der Waals surface area contributed by atoms with E-state index in [4.69, 9.17) is 11.6 Å². The Hall–Kier alpha value is -2.06. The van der Waals surface area contributed by atoms with E-state index in [1.54, 1.807) is 11.0 Å². The van der Waals surface area contributed by atoms with Crippen molar-refractivity contribution < 1.29 is 19.8 Å². The van der Waals surface area contributed by atoms with Crippen molar-refractivity contribution in [2.45, 2.75) is 38.5 Å². The van der Waals surface area contributed by atoms with Gasteiger partial charge in [-0.2, -0.15) is 0 Å². The molecule has 0 atom stereocenters. The molecule has 0 aromatic carbocycles. The zero-order chi connectivity index (χ0) is 22.0. The monoisotopic (exact) mass is 449 g/mol. The van der Waals surface area contributed by atoms with E-state index in [1.807, 2.05) is 0 Å². The smallest absolute Gasteiger partial charge is 0.253 e. The summed E-state index contributed by atoms with van der Waals surface area (Å²) in [7, 11) is 0. The van der Waals surface area contributed by atoms with Crippen molar-refractivity contribution in [3.05, 3.63) is 22.8 Å². The molecule has 31 heavy (non-hydrogen) atoms. The van der Waals surface area contributed by atoms with Crippen LogP contribution in [0.15, 0.2) is 12.3 Å². The average molecular weight is 450 g/mol. The molecule has 0 saturated heterocycles. The van der Waals surface area contributed by atoms with E-state index < -0.39 is 6.09 Å². The molecule has 1 aromatic rings. The van der Waals surface area contributed by atoms with Crippen LogP contribution >= 0.6 is 11.6 Å². The molecule has 0 radical (unpaired) electrons. The number of nitrogens with one attached hydrogen (secondary N) is 2. The van der Waals surface area contributed by atoms with Gasteiger partial charge in [-0.3, -0.25) is 4.79 Å². The van der Waals surface area contributed by atoms with Gasteiger partial charge in [0.15, 0.2) is 0 Å². The molecule has 2 amide bonds. The Morgan fingerprint density at radius 1 is 1.16 bits per heavy atom. The SMILES string of the molecule is O=C([O-])NCCN(CCO)c1cc(C(=O)NCC23CC4CC(CC(C4)C2)C3)c(Cl)cn1. The molecule has 1 heterocycles. The second-order valence-electron chi connectivity index (χ2n) is 9.55. The van der Waals surface area contributed by atoms with Gasteiger partial charge in [0.05, 0.1) is 17.2 Å². The summed E-state index contributed by atoms with van der Waals surface area (Å²) in [5.41, 5.74) is 0.568. The zero-order valence-electron chi connectivity index (χ0n) is 17.6. The second-order valence-corrected chi connectivity index (χ2v) is 9.95. The number of carbonyl (C=O) groups is 2. The van der Waals surface area contributed by atoms with E-state index in [0.29, 0.717) is 17.9 Å². The van der Waals surface area contributed by atoms with Crippen LogP contribution in [0.3, 0.4) is 0 Å². The Morgan fingerprint density at radius 3 is 2.39 bits per heavy atom. The van der Waals surface area contributed by atoms with Crippen LogP contribution in [-0.4, -0.2) is 54.9 Å². The van der Waals surface area contributed by atoms with E-state index in [1.165, 1.54) is 44.7 Å². The first-order valence-electron chi connectivity index (χ1n) is 11.1. The van der Waals surface area contributed by atoms with Crippen LogP contribution in [0.1, 0.15) is 48.9 Å². The molecule has 0 unspecified atom stereocenters. The minimum absolute atomic E-state index is 0.111. The molecule has 4 aliphatic rings. The van der Waals surface area contributed by atoms with Gasteiger partial charge in [-0.1, -0.05) is 11.6 Å². The van der Waals surface area contributed by atoms with Gasteiger partial charge in [-0.15, -0.1) is 0 Å². The maximum Gasteiger partial charge on any atom is 0.253 e. The lowest BCUT2D eigenvalue weighted by atomic mass is 9.49. The molecule has 5 rings (SSSR count). The Balaban J connectivity index is 1.42. The number of halogens is 1. The van der Waals surface area contributed by atoms with Crippen molar-refractivity contribution in [2.24, 2.45) is 23.2 Å². The number of aromatic nitrogens is 1. The minimum atomic E-state index is -1.36. The first-order chi connectivity index (χ1) is 14.9. The van der Waals surface area contributed by atoms with E-state index in [0.717, 1.165) is 17.8 Å². The fourth-order valence-electron chi connectivity index (χ4n) is 6.40. The fraction of sp³-hybridized carbons (Fsp3) is 0.682. The van der Waals surface area contributed by atoms with Crippen molar-refractivity contribution >= 4 is 29.4 Å². The van der Waals surface area contributed by atoms with Gasteiger partial charge < -0.3 is 30.5 Å². The summed E-state index contributed by atoms with van der Waals surface area (Å²) in [5.74, 6) is 2.70. The molecule has 9 heteroatoms. The predicted octanol–water partition coefficient (Wildman–Crippen LogP) is 1.41. The summed E-state index contributed by atoms with van der Waals surface area (Å²) >= 11 is 6.28.